The molecule has 2 amide bonds. The number of nitrogens with zero attached hydrogens (tertiary/aromatic N) is 1. The zero-order valence-electron chi connectivity index (χ0n) is 44.6. The average molecular weight is 1020 g/mol. The lowest BCUT2D eigenvalue weighted by molar-refractivity contribution is -0.155. The van der Waals surface area contributed by atoms with E-state index in [1.807, 2.05) is 11.8 Å². The van der Waals surface area contributed by atoms with E-state index < -0.39 is 50.0 Å². The van der Waals surface area contributed by atoms with Gasteiger partial charge in [-0.25, -0.2) is 4.79 Å². The molecule has 0 bridgehead atoms. The molecule has 2 aliphatic rings. The SMILES string of the molecule is CCC(CCC1CCCC(OCCN(Cc2ccc(C)cc2)C(=O)NC2CCCCC2)C1)C(=O)O.CCOP(=O)(CC(=O)OC(C)(C)C)OCC.CCOP(=O)(OCC)C(CC)C(=O)OC(C)(C)C. The Kier molecular flexibility index (Phi) is 30.7. The van der Waals surface area contributed by atoms with Gasteiger partial charge in [0.15, 0.2) is 5.66 Å². The summed E-state index contributed by atoms with van der Waals surface area (Å²) in [7, 11) is -6.78. The average Bonchev–Trinajstić information content (AvgIpc) is 3.24. The Morgan fingerprint density at radius 1 is 0.754 bits per heavy atom. The zero-order valence-corrected chi connectivity index (χ0v) is 46.4. The van der Waals surface area contributed by atoms with Crippen LogP contribution in [-0.4, -0.2) is 109 Å². The molecule has 2 aliphatic carbocycles. The van der Waals surface area contributed by atoms with Gasteiger partial charge >= 0.3 is 39.1 Å². The molecule has 0 heterocycles. The third-order valence-corrected chi connectivity index (χ3v) is 15.9. The van der Waals surface area contributed by atoms with Gasteiger partial charge < -0.3 is 47.6 Å². The van der Waals surface area contributed by atoms with Crippen molar-refractivity contribution in [3.05, 3.63) is 35.4 Å². The van der Waals surface area contributed by atoms with Gasteiger partial charge in [-0.05, 0) is 139 Å². The van der Waals surface area contributed by atoms with E-state index in [9.17, 15) is 33.4 Å². The van der Waals surface area contributed by atoms with Gasteiger partial charge in [-0.15, -0.1) is 0 Å². The molecule has 4 unspecified atom stereocenters. The molecule has 1 aromatic rings. The number of amides is 2. The number of carbonyl (C=O) groups excluding carboxylic acids is 3. The number of nitrogens with one attached hydrogen (secondary N) is 1. The minimum Gasteiger partial charge on any atom is -0.481 e. The largest absolute Gasteiger partial charge is 0.481 e. The number of benzene rings is 1. The van der Waals surface area contributed by atoms with Gasteiger partial charge in [-0.3, -0.25) is 23.5 Å². The fourth-order valence-electron chi connectivity index (χ4n) is 8.12. The number of ether oxygens (including phenoxy) is 3. The Balaban J connectivity index is 0.000000588. The standard InChI is InChI=1S/C29H46N2O4.C12H25O5P.C10H21O5P/c1-3-25(28(32)33)17-16-23-8-7-11-27(20-23)35-19-18-31(21-24-14-12-22(2)13-15-24)29(34)30-26-9-5-4-6-10-26;1-7-10(11(13)17-12(4,5)6)18(14,15-8-2)16-9-3;1-6-13-16(12,14-7-2)8-9(11)15-10(3,4)5/h12-15,23,25-27H,3-11,16-21H2,1-2H3,(H,30,34)(H,32,33);10H,7-9H2,1-6H3;6-8H2,1-5H3. The highest BCUT2D eigenvalue weighted by Gasteiger charge is 2.42. The van der Waals surface area contributed by atoms with Crippen molar-refractivity contribution in [2.45, 2.75) is 209 Å². The number of esters is 2. The van der Waals surface area contributed by atoms with Gasteiger partial charge in [0.2, 0.25) is 0 Å². The van der Waals surface area contributed by atoms with Crippen LogP contribution < -0.4 is 5.32 Å². The molecule has 2 saturated carbocycles. The summed E-state index contributed by atoms with van der Waals surface area (Å²) in [4.78, 5) is 49.9. The van der Waals surface area contributed by atoms with E-state index >= 15 is 0 Å². The second-order valence-corrected chi connectivity index (χ2v) is 24.0. The number of aliphatic carboxylic acids is 1. The van der Waals surface area contributed by atoms with Crippen molar-refractivity contribution >= 4 is 39.1 Å². The highest BCUT2D eigenvalue weighted by atomic mass is 31.2. The van der Waals surface area contributed by atoms with Crippen molar-refractivity contribution in [2.75, 3.05) is 45.7 Å². The van der Waals surface area contributed by atoms with Crippen molar-refractivity contribution in [1.29, 1.82) is 0 Å². The first kappa shape index (κ1) is 64.2. The van der Waals surface area contributed by atoms with Gasteiger partial charge in [-0.1, -0.05) is 75.8 Å². The summed E-state index contributed by atoms with van der Waals surface area (Å²) in [6, 6.07) is 8.70. The quantitative estimate of drug-likeness (QED) is 0.0691. The maximum absolute atomic E-state index is 13.2. The van der Waals surface area contributed by atoms with E-state index in [4.69, 9.17) is 32.3 Å². The molecule has 0 aromatic heterocycles. The Hall–Kier alpha value is -2.84. The molecule has 2 N–H and O–H groups in total. The van der Waals surface area contributed by atoms with Crippen LogP contribution in [0.1, 0.15) is 178 Å². The molecule has 0 spiro atoms. The van der Waals surface area contributed by atoms with Crippen LogP contribution in [0.4, 0.5) is 4.79 Å². The molecule has 0 saturated heterocycles. The van der Waals surface area contributed by atoms with Crippen molar-refractivity contribution < 1.29 is 65.7 Å². The summed E-state index contributed by atoms with van der Waals surface area (Å²) in [6.45, 7) is 25.8. The van der Waals surface area contributed by atoms with E-state index in [0.29, 0.717) is 38.5 Å². The molecular formula is C51H92N2O14P2. The number of aryl methyl sites for hydroxylation is 1. The topological polar surface area (TPSA) is 203 Å². The van der Waals surface area contributed by atoms with Crippen LogP contribution >= 0.6 is 15.2 Å². The molecule has 4 atom stereocenters. The molecule has 0 aliphatic heterocycles. The number of rotatable bonds is 25. The third-order valence-electron chi connectivity index (χ3n) is 11.4. The Bertz CT molecular complexity index is 1710. The molecule has 16 nitrogen and oxygen atoms in total. The molecule has 1 aromatic carbocycles. The van der Waals surface area contributed by atoms with Gasteiger partial charge in [0.25, 0.3) is 0 Å². The summed E-state index contributed by atoms with van der Waals surface area (Å²) in [5.41, 5.74) is 0.275. The molecule has 2 fully saturated rings. The van der Waals surface area contributed by atoms with Crippen molar-refractivity contribution in [3.63, 3.8) is 0 Å². The number of hydrogen-bond acceptors (Lipinski definition) is 13. The monoisotopic (exact) mass is 1020 g/mol. The molecule has 69 heavy (non-hydrogen) atoms. The van der Waals surface area contributed by atoms with E-state index in [1.165, 1.54) is 31.2 Å². The van der Waals surface area contributed by atoms with Crippen LogP contribution in [0.15, 0.2) is 24.3 Å². The highest BCUT2D eigenvalue weighted by Crippen LogP contribution is 2.55. The van der Waals surface area contributed by atoms with Crippen LogP contribution in [-0.2, 0) is 62.4 Å². The maximum Gasteiger partial charge on any atom is 0.344 e. The van der Waals surface area contributed by atoms with E-state index in [1.54, 1.807) is 76.2 Å². The predicted octanol–water partition coefficient (Wildman–Crippen LogP) is 12.3. The molecule has 3 rings (SSSR count). The first-order chi connectivity index (χ1) is 32.4. The third kappa shape index (κ3) is 27.5. The minimum absolute atomic E-state index is 0.0156. The number of hydrogen-bond donors (Lipinski definition) is 2. The van der Waals surface area contributed by atoms with Crippen molar-refractivity contribution in [3.8, 4) is 0 Å². The number of urea groups is 1. The lowest BCUT2D eigenvalue weighted by Crippen LogP contribution is -2.46. The van der Waals surface area contributed by atoms with Crippen LogP contribution in [0.25, 0.3) is 0 Å². The fraction of sp³-hybridized carbons (Fsp3) is 0.804. The Morgan fingerprint density at radius 2 is 1.32 bits per heavy atom. The lowest BCUT2D eigenvalue weighted by Gasteiger charge is -2.31. The number of carboxylic acids is 1. The van der Waals surface area contributed by atoms with Crippen LogP contribution in [0.3, 0.4) is 0 Å². The van der Waals surface area contributed by atoms with E-state index in [2.05, 4.69) is 36.5 Å². The zero-order chi connectivity index (χ0) is 52.3. The highest BCUT2D eigenvalue weighted by molar-refractivity contribution is 7.55. The second kappa shape index (κ2) is 33.0. The predicted molar refractivity (Wildman–Crippen MR) is 272 cm³/mol. The summed E-state index contributed by atoms with van der Waals surface area (Å²) in [6.07, 6.45) is 12.8. The minimum atomic E-state index is -3.45. The summed E-state index contributed by atoms with van der Waals surface area (Å²) >= 11 is 0. The molecule has 18 heteroatoms. The normalized spacial score (nSPS) is 17.8. The van der Waals surface area contributed by atoms with Crippen LogP contribution in [0.5, 0.6) is 0 Å². The summed E-state index contributed by atoms with van der Waals surface area (Å²) in [5.74, 6) is -1.46. The van der Waals surface area contributed by atoms with Crippen LogP contribution in [0, 0.1) is 18.8 Å². The maximum atomic E-state index is 13.2. The van der Waals surface area contributed by atoms with Crippen LogP contribution in [0.2, 0.25) is 0 Å². The Morgan fingerprint density at radius 3 is 1.81 bits per heavy atom. The van der Waals surface area contributed by atoms with E-state index in [-0.39, 0.29) is 56.7 Å². The molecule has 0 radical (unpaired) electrons. The van der Waals surface area contributed by atoms with Gasteiger partial charge in [0, 0.05) is 19.1 Å². The van der Waals surface area contributed by atoms with Gasteiger partial charge in [0.1, 0.15) is 17.4 Å². The van der Waals surface area contributed by atoms with Crippen molar-refractivity contribution in [2.24, 2.45) is 11.8 Å². The second-order valence-electron chi connectivity index (χ2n) is 19.8. The molecule has 400 valence electrons. The number of carbonyl (C=O) groups is 4. The van der Waals surface area contributed by atoms with E-state index in [0.717, 1.165) is 50.5 Å². The number of carboxylic acid groups (broad SMARTS) is 1. The lowest BCUT2D eigenvalue weighted by atomic mass is 9.82. The molecular weight excluding hydrogens is 927 g/mol. The summed E-state index contributed by atoms with van der Waals surface area (Å²) < 4.78 is 61.4. The first-order valence-electron chi connectivity index (χ1n) is 25.5. The van der Waals surface area contributed by atoms with Crippen molar-refractivity contribution in [1.82, 2.24) is 10.2 Å². The van der Waals surface area contributed by atoms with Gasteiger partial charge in [0.05, 0.1) is 45.1 Å². The fourth-order valence-corrected chi connectivity index (χ4v) is 11.5. The Labute approximate surface area is 415 Å². The summed E-state index contributed by atoms with van der Waals surface area (Å²) in [5, 5.41) is 12.6. The van der Waals surface area contributed by atoms with Gasteiger partial charge in [-0.2, -0.15) is 0 Å². The smallest absolute Gasteiger partial charge is 0.344 e. The first-order valence-corrected chi connectivity index (χ1v) is 28.9.